The normalized spacial score (nSPS) is 19.6. The van der Waals surface area contributed by atoms with Gasteiger partial charge in [0.05, 0.1) is 0 Å². The summed E-state index contributed by atoms with van der Waals surface area (Å²) in [5.41, 5.74) is -0.645. The summed E-state index contributed by atoms with van der Waals surface area (Å²) in [5, 5.41) is 0. The summed E-state index contributed by atoms with van der Waals surface area (Å²) in [6, 6.07) is 0. The second-order valence-corrected chi connectivity index (χ2v) is 9.99. The van der Waals surface area contributed by atoms with Gasteiger partial charge < -0.3 is 4.90 Å². The molecule has 1 nitrogen and oxygen atoms in total. The maximum Gasteiger partial charge on any atom is 0.118 e. The van der Waals surface area contributed by atoms with Crippen molar-refractivity contribution < 1.29 is 4.39 Å². The Morgan fingerprint density at radius 2 is 1.38 bits per heavy atom. The molecular formula is C22H44FN. The van der Waals surface area contributed by atoms with Crippen molar-refractivity contribution >= 4 is 0 Å². The Morgan fingerprint density at radius 3 is 1.92 bits per heavy atom. The van der Waals surface area contributed by atoms with Crippen LogP contribution in [0, 0.1) is 10.8 Å². The molecule has 1 fully saturated rings. The van der Waals surface area contributed by atoms with Crippen LogP contribution in [0.25, 0.3) is 0 Å². The van der Waals surface area contributed by atoms with E-state index in [-0.39, 0.29) is 5.41 Å². The predicted molar refractivity (Wildman–Crippen MR) is 105 cm³/mol. The fraction of sp³-hybridized carbons (Fsp3) is 1.00. The van der Waals surface area contributed by atoms with Gasteiger partial charge in [-0.05, 0) is 49.5 Å². The molecule has 0 N–H and O–H groups in total. The highest BCUT2D eigenvalue weighted by Crippen LogP contribution is 2.42. The first-order valence-corrected chi connectivity index (χ1v) is 10.5. The number of halogens is 1. The molecule has 0 aliphatic carbocycles. The van der Waals surface area contributed by atoms with Gasteiger partial charge >= 0.3 is 0 Å². The molecule has 0 atom stereocenters. The van der Waals surface area contributed by atoms with Gasteiger partial charge in [0.15, 0.2) is 0 Å². The maximum atomic E-state index is 14.9. The van der Waals surface area contributed by atoms with Gasteiger partial charge in [-0.1, -0.05) is 73.6 Å². The van der Waals surface area contributed by atoms with Gasteiger partial charge in [-0.25, -0.2) is 4.39 Å². The summed E-state index contributed by atoms with van der Waals surface area (Å²) >= 11 is 0. The third kappa shape index (κ3) is 7.42. The number of hydrogen-bond donors (Lipinski definition) is 0. The first kappa shape index (κ1) is 21.9. The lowest BCUT2D eigenvalue weighted by Crippen LogP contribution is -2.48. The molecule has 0 aromatic heterocycles. The van der Waals surface area contributed by atoms with Crippen LogP contribution in [0.1, 0.15) is 106 Å². The molecule has 1 aliphatic rings. The molecule has 0 radical (unpaired) electrons. The molecule has 0 amide bonds. The average molecular weight is 342 g/mol. The topological polar surface area (TPSA) is 3.24 Å². The van der Waals surface area contributed by atoms with Crippen molar-refractivity contribution in [2.24, 2.45) is 10.8 Å². The van der Waals surface area contributed by atoms with Crippen molar-refractivity contribution in [2.75, 3.05) is 19.6 Å². The minimum atomic E-state index is -0.963. The Kier molecular flexibility index (Phi) is 8.73. The Hall–Kier alpha value is -0.110. The summed E-state index contributed by atoms with van der Waals surface area (Å²) in [6.07, 6.45) is 12.2. The van der Waals surface area contributed by atoms with Crippen LogP contribution in [0.3, 0.4) is 0 Å². The summed E-state index contributed by atoms with van der Waals surface area (Å²) in [7, 11) is 0. The van der Waals surface area contributed by atoms with Gasteiger partial charge in [0.1, 0.15) is 5.67 Å². The van der Waals surface area contributed by atoms with E-state index in [9.17, 15) is 4.39 Å². The van der Waals surface area contributed by atoms with Crippen molar-refractivity contribution in [3.63, 3.8) is 0 Å². The number of likely N-dealkylation sites (tertiary alicyclic amines) is 1. The smallest absolute Gasteiger partial charge is 0.118 e. The van der Waals surface area contributed by atoms with Gasteiger partial charge in [-0.3, -0.25) is 0 Å². The Bertz CT molecular complexity index is 334. The Labute approximate surface area is 151 Å². The van der Waals surface area contributed by atoms with Gasteiger partial charge in [0.25, 0.3) is 0 Å². The molecule has 24 heavy (non-hydrogen) atoms. The second-order valence-electron chi connectivity index (χ2n) is 9.99. The average Bonchev–Trinajstić information content (AvgIpc) is 2.47. The predicted octanol–water partition coefficient (Wildman–Crippen LogP) is 7.00. The third-order valence-electron chi connectivity index (χ3n) is 6.25. The monoisotopic (exact) mass is 341 g/mol. The van der Waals surface area contributed by atoms with Crippen molar-refractivity contribution in [1.29, 1.82) is 0 Å². The number of rotatable bonds is 10. The lowest BCUT2D eigenvalue weighted by Gasteiger charge is -2.44. The lowest BCUT2D eigenvalue weighted by molar-refractivity contribution is -0.0295. The maximum absolute atomic E-state index is 14.9. The van der Waals surface area contributed by atoms with E-state index in [1.807, 2.05) is 20.8 Å². The largest absolute Gasteiger partial charge is 0.303 e. The first-order valence-electron chi connectivity index (χ1n) is 10.5. The zero-order chi connectivity index (χ0) is 18.3. The van der Waals surface area contributed by atoms with Crippen LogP contribution in [0.5, 0.6) is 0 Å². The van der Waals surface area contributed by atoms with Crippen LogP contribution >= 0.6 is 0 Å². The summed E-state index contributed by atoms with van der Waals surface area (Å²) in [6.45, 7) is 16.3. The van der Waals surface area contributed by atoms with Gasteiger partial charge in [-0.15, -0.1) is 0 Å². The molecule has 0 saturated carbocycles. The van der Waals surface area contributed by atoms with Crippen LogP contribution < -0.4 is 0 Å². The Morgan fingerprint density at radius 1 is 0.833 bits per heavy atom. The van der Waals surface area contributed by atoms with Crippen molar-refractivity contribution in [3.8, 4) is 0 Å². The highest BCUT2D eigenvalue weighted by molar-refractivity contribution is 4.95. The molecular weight excluding hydrogens is 297 g/mol. The van der Waals surface area contributed by atoms with Crippen LogP contribution in [0.2, 0.25) is 0 Å². The van der Waals surface area contributed by atoms with Crippen LogP contribution in [0.15, 0.2) is 0 Å². The van der Waals surface area contributed by atoms with E-state index in [1.165, 1.54) is 57.9 Å². The highest BCUT2D eigenvalue weighted by Gasteiger charge is 2.44. The second kappa shape index (κ2) is 9.55. The molecule has 0 aromatic rings. The van der Waals surface area contributed by atoms with Crippen molar-refractivity contribution in [2.45, 2.75) is 111 Å². The minimum Gasteiger partial charge on any atom is -0.303 e. The number of hydrogen-bond acceptors (Lipinski definition) is 1. The molecule has 1 aliphatic heterocycles. The number of alkyl halides is 1. The van der Waals surface area contributed by atoms with Gasteiger partial charge in [0, 0.05) is 13.1 Å². The molecule has 1 rings (SSSR count). The van der Waals surface area contributed by atoms with E-state index < -0.39 is 5.67 Å². The fourth-order valence-corrected chi connectivity index (χ4v) is 4.15. The molecule has 0 unspecified atom stereocenters. The van der Waals surface area contributed by atoms with E-state index in [0.717, 1.165) is 13.1 Å². The van der Waals surface area contributed by atoms with E-state index in [1.54, 1.807) is 0 Å². The molecule has 0 bridgehead atoms. The van der Waals surface area contributed by atoms with Crippen molar-refractivity contribution in [3.05, 3.63) is 0 Å². The Balaban J connectivity index is 2.05. The van der Waals surface area contributed by atoms with Crippen molar-refractivity contribution in [1.82, 2.24) is 4.90 Å². The molecule has 1 saturated heterocycles. The molecule has 2 heteroatoms. The number of piperidine rings is 1. The summed E-state index contributed by atoms with van der Waals surface area (Å²) < 4.78 is 14.9. The minimum absolute atomic E-state index is 0.218. The van der Waals surface area contributed by atoms with E-state index >= 15 is 0 Å². The standard InChI is InChI=1S/C22H44FN/c1-7-13-21(5,6)14-11-9-8-10-12-17-24-18-15-22(23,16-19-24)20(2,3)4/h7-19H2,1-6H3. The quantitative estimate of drug-likeness (QED) is 0.386. The third-order valence-corrected chi connectivity index (χ3v) is 6.25. The summed E-state index contributed by atoms with van der Waals surface area (Å²) in [5.74, 6) is 0. The van der Waals surface area contributed by atoms with Crippen LogP contribution in [0.4, 0.5) is 4.39 Å². The first-order chi connectivity index (χ1) is 11.1. The van der Waals surface area contributed by atoms with E-state index in [0.29, 0.717) is 18.3 Å². The summed E-state index contributed by atoms with van der Waals surface area (Å²) in [4.78, 5) is 2.48. The number of nitrogens with zero attached hydrogens (tertiary/aromatic N) is 1. The van der Waals surface area contributed by atoms with Crippen LogP contribution in [-0.4, -0.2) is 30.2 Å². The SMILES string of the molecule is CCCC(C)(C)CCCCCCCN1CCC(F)(C(C)(C)C)CC1. The molecule has 144 valence electrons. The molecule has 0 spiro atoms. The fourth-order valence-electron chi connectivity index (χ4n) is 4.15. The van der Waals surface area contributed by atoms with Gasteiger partial charge in [-0.2, -0.15) is 0 Å². The van der Waals surface area contributed by atoms with E-state index in [2.05, 4.69) is 25.7 Å². The van der Waals surface area contributed by atoms with Gasteiger partial charge in [0.2, 0.25) is 0 Å². The number of unbranched alkanes of at least 4 members (excludes halogenated alkanes) is 4. The van der Waals surface area contributed by atoms with Crippen LogP contribution in [-0.2, 0) is 0 Å². The highest BCUT2D eigenvalue weighted by atomic mass is 19.1. The van der Waals surface area contributed by atoms with E-state index in [4.69, 9.17) is 0 Å². The zero-order valence-electron chi connectivity index (χ0n) is 17.5. The molecule has 1 heterocycles. The lowest BCUT2D eigenvalue weighted by atomic mass is 9.72. The molecule has 0 aromatic carbocycles. The zero-order valence-corrected chi connectivity index (χ0v) is 17.5.